The van der Waals surface area contributed by atoms with Gasteiger partial charge in [-0.05, 0) is 22.8 Å². The molecule has 150 valence electrons. The van der Waals surface area contributed by atoms with Crippen LogP contribution in [0.5, 0.6) is 0 Å². The summed E-state index contributed by atoms with van der Waals surface area (Å²) < 4.78 is 0. The highest BCUT2D eigenvalue weighted by molar-refractivity contribution is 5.94. The Hall–Kier alpha value is -4.18. The Morgan fingerprint density at radius 3 is 1.58 bits per heavy atom. The largest absolute Gasteiger partial charge is 0.361 e. The summed E-state index contributed by atoms with van der Waals surface area (Å²) >= 11 is 0. The maximum absolute atomic E-state index is 12.0. The molecule has 0 amide bonds. The lowest BCUT2D eigenvalue weighted by Crippen LogP contribution is -2.30. The lowest BCUT2D eigenvalue weighted by atomic mass is 9.65. The van der Waals surface area contributed by atoms with Crippen molar-refractivity contribution in [1.82, 2.24) is 4.98 Å². The van der Waals surface area contributed by atoms with E-state index in [1.54, 1.807) is 12.1 Å². The molecule has 4 heteroatoms. The topological polar surface area (TPSA) is 58.9 Å². The van der Waals surface area contributed by atoms with E-state index in [2.05, 4.69) is 41.4 Å². The van der Waals surface area contributed by atoms with Crippen molar-refractivity contribution in [2.24, 2.45) is 0 Å². The van der Waals surface area contributed by atoms with Crippen molar-refractivity contribution in [3.05, 3.63) is 148 Å². The summed E-state index contributed by atoms with van der Waals surface area (Å²) in [5, 5.41) is 12.6. The number of nitrogens with one attached hydrogen (secondary N) is 1. The number of fused-ring (bicyclic) bond motifs is 1. The number of nitrogens with zero attached hydrogens (tertiary/aromatic N) is 1. The van der Waals surface area contributed by atoms with Gasteiger partial charge in [0.15, 0.2) is 0 Å². The number of hydrogen-bond donors (Lipinski definition) is 1. The van der Waals surface area contributed by atoms with E-state index in [-0.39, 0.29) is 10.6 Å². The highest BCUT2D eigenvalue weighted by Crippen LogP contribution is 2.48. The minimum absolute atomic E-state index is 0.0981. The van der Waals surface area contributed by atoms with Crippen LogP contribution in [0.15, 0.2) is 115 Å². The average molecular weight is 404 g/mol. The van der Waals surface area contributed by atoms with Crippen molar-refractivity contribution in [2.45, 2.75) is 5.41 Å². The number of nitro benzene ring substituents is 1. The van der Waals surface area contributed by atoms with E-state index in [0.29, 0.717) is 5.39 Å². The van der Waals surface area contributed by atoms with Gasteiger partial charge in [-0.1, -0.05) is 97.1 Å². The fourth-order valence-electron chi connectivity index (χ4n) is 4.64. The molecule has 0 aliphatic carbocycles. The molecule has 0 atom stereocenters. The Bertz CT molecular complexity index is 1250. The molecule has 0 saturated heterocycles. The number of benzene rings is 4. The number of non-ortho nitro benzene ring substituents is 1. The third kappa shape index (κ3) is 2.92. The van der Waals surface area contributed by atoms with E-state index in [4.69, 9.17) is 0 Å². The summed E-state index contributed by atoms with van der Waals surface area (Å²) in [6.45, 7) is 0. The van der Waals surface area contributed by atoms with Crippen LogP contribution in [0.2, 0.25) is 0 Å². The molecule has 1 heterocycles. The van der Waals surface area contributed by atoms with Gasteiger partial charge in [0.1, 0.15) is 0 Å². The maximum Gasteiger partial charge on any atom is 0.279 e. The number of H-pyrrole nitrogens is 1. The molecule has 4 aromatic carbocycles. The van der Waals surface area contributed by atoms with Crippen LogP contribution < -0.4 is 0 Å². The van der Waals surface area contributed by atoms with Crippen molar-refractivity contribution in [1.29, 1.82) is 0 Å². The molecule has 5 rings (SSSR count). The first-order valence-electron chi connectivity index (χ1n) is 10.1. The molecule has 0 unspecified atom stereocenters. The van der Waals surface area contributed by atoms with Gasteiger partial charge in [-0.15, -0.1) is 0 Å². The molecule has 5 aromatic rings. The standard InChI is InChI=1S/C27H20N2O2/c30-29(31)25-18-10-17-24-26(25)23(19-28-24)27(20-11-4-1-5-12-20,21-13-6-2-7-14-21)22-15-8-3-9-16-22/h1-19,28H. The van der Waals surface area contributed by atoms with Crippen LogP contribution in [0, 0.1) is 10.1 Å². The first-order chi connectivity index (χ1) is 15.2. The molecule has 31 heavy (non-hydrogen) atoms. The molecule has 0 bridgehead atoms. The SMILES string of the molecule is O=[N+]([O-])c1cccc2[nH]cc(C(c3ccccc3)(c3ccccc3)c3ccccc3)c12. The van der Waals surface area contributed by atoms with E-state index in [1.807, 2.05) is 66.9 Å². The highest BCUT2D eigenvalue weighted by atomic mass is 16.6. The summed E-state index contributed by atoms with van der Waals surface area (Å²) in [7, 11) is 0. The van der Waals surface area contributed by atoms with Crippen molar-refractivity contribution < 1.29 is 4.92 Å². The smallest absolute Gasteiger partial charge is 0.279 e. The summed E-state index contributed by atoms with van der Waals surface area (Å²) in [5.41, 5.74) is 4.12. The van der Waals surface area contributed by atoms with Gasteiger partial charge in [0, 0.05) is 17.8 Å². The summed E-state index contributed by atoms with van der Waals surface area (Å²) in [6.07, 6.45) is 1.92. The number of hydrogen-bond acceptors (Lipinski definition) is 2. The summed E-state index contributed by atoms with van der Waals surface area (Å²) in [4.78, 5) is 15.0. The third-order valence-corrected chi connectivity index (χ3v) is 5.90. The van der Waals surface area contributed by atoms with Crippen LogP contribution in [0.25, 0.3) is 10.9 Å². The van der Waals surface area contributed by atoms with Crippen LogP contribution >= 0.6 is 0 Å². The zero-order valence-corrected chi connectivity index (χ0v) is 16.7. The highest BCUT2D eigenvalue weighted by Gasteiger charge is 2.41. The lowest BCUT2D eigenvalue weighted by Gasteiger charge is -2.36. The van der Waals surface area contributed by atoms with Gasteiger partial charge < -0.3 is 4.98 Å². The number of rotatable bonds is 5. The fourth-order valence-corrected chi connectivity index (χ4v) is 4.64. The number of aromatic nitrogens is 1. The quantitative estimate of drug-likeness (QED) is 0.208. The summed E-state index contributed by atoms with van der Waals surface area (Å²) in [5.74, 6) is 0. The first kappa shape index (κ1) is 18.8. The van der Waals surface area contributed by atoms with Gasteiger partial charge in [0.2, 0.25) is 0 Å². The molecule has 0 aliphatic rings. The predicted octanol–water partition coefficient (Wildman–Crippen LogP) is 6.46. The molecular weight excluding hydrogens is 384 g/mol. The predicted molar refractivity (Wildman–Crippen MR) is 123 cm³/mol. The molecule has 1 N–H and O–H groups in total. The third-order valence-electron chi connectivity index (χ3n) is 5.90. The molecule has 0 saturated carbocycles. The lowest BCUT2D eigenvalue weighted by molar-refractivity contribution is -0.383. The Morgan fingerprint density at radius 2 is 1.13 bits per heavy atom. The molecule has 0 aliphatic heterocycles. The Labute approximate surface area is 180 Å². The van der Waals surface area contributed by atoms with Crippen molar-refractivity contribution in [3.8, 4) is 0 Å². The molecule has 0 fully saturated rings. The minimum atomic E-state index is -0.728. The summed E-state index contributed by atoms with van der Waals surface area (Å²) in [6, 6.07) is 35.8. The van der Waals surface area contributed by atoms with Gasteiger partial charge in [0.25, 0.3) is 5.69 Å². The second-order valence-corrected chi connectivity index (χ2v) is 7.51. The number of nitro groups is 1. The molecule has 4 nitrogen and oxygen atoms in total. The van der Waals surface area contributed by atoms with E-state index < -0.39 is 5.41 Å². The van der Waals surface area contributed by atoms with E-state index in [0.717, 1.165) is 27.8 Å². The average Bonchev–Trinajstić information content (AvgIpc) is 3.26. The van der Waals surface area contributed by atoms with Crippen molar-refractivity contribution >= 4 is 16.6 Å². The van der Waals surface area contributed by atoms with Crippen LogP contribution in [0.1, 0.15) is 22.3 Å². The van der Waals surface area contributed by atoms with Gasteiger partial charge in [-0.2, -0.15) is 0 Å². The van der Waals surface area contributed by atoms with Crippen LogP contribution in [0.3, 0.4) is 0 Å². The molecular formula is C27H20N2O2. The van der Waals surface area contributed by atoms with Crippen LogP contribution in [-0.2, 0) is 5.41 Å². The Morgan fingerprint density at radius 1 is 0.645 bits per heavy atom. The normalized spacial score (nSPS) is 11.5. The molecule has 1 aromatic heterocycles. The zero-order chi connectivity index (χ0) is 21.3. The zero-order valence-electron chi connectivity index (χ0n) is 16.7. The second kappa shape index (κ2) is 7.58. The van der Waals surface area contributed by atoms with E-state index in [1.165, 1.54) is 0 Å². The first-order valence-corrected chi connectivity index (χ1v) is 10.1. The second-order valence-electron chi connectivity index (χ2n) is 7.51. The number of aromatic amines is 1. The van der Waals surface area contributed by atoms with Gasteiger partial charge in [-0.3, -0.25) is 10.1 Å². The monoisotopic (exact) mass is 404 g/mol. The van der Waals surface area contributed by atoms with Crippen LogP contribution in [-0.4, -0.2) is 9.91 Å². The van der Waals surface area contributed by atoms with E-state index in [9.17, 15) is 10.1 Å². The van der Waals surface area contributed by atoms with Gasteiger partial charge in [-0.25, -0.2) is 0 Å². The van der Waals surface area contributed by atoms with Crippen molar-refractivity contribution in [2.75, 3.05) is 0 Å². The van der Waals surface area contributed by atoms with Crippen molar-refractivity contribution in [3.63, 3.8) is 0 Å². The Balaban J connectivity index is 2.00. The minimum Gasteiger partial charge on any atom is -0.361 e. The van der Waals surface area contributed by atoms with Gasteiger partial charge >= 0.3 is 0 Å². The van der Waals surface area contributed by atoms with Crippen LogP contribution in [0.4, 0.5) is 5.69 Å². The van der Waals surface area contributed by atoms with E-state index >= 15 is 0 Å². The Kier molecular flexibility index (Phi) is 4.60. The molecule has 0 spiro atoms. The maximum atomic E-state index is 12.0. The molecule has 0 radical (unpaired) electrons. The fraction of sp³-hybridized carbons (Fsp3) is 0.0370. The van der Waals surface area contributed by atoms with Gasteiger partial charge in [0.05, 0.1) is 21.2 Å².